The van der Waals surface area contributed by atoms with E-state index >= 15 is 0 Å². The van der Waals surface area contributed by atoms with Gasteiger partial charge < -0.3 is 4.74 Å². The van der Waals surface area contributed by atoms with E-state index in [-0.39, 0.29) is 17.0 Å². The third kappa shape index (κ3) is 2.87. The molecule has 0 radical (unpaired) electrons. The van der Waals surface area contributed by atoms with Crippen molar-refractivity contribution in [2.45, 2.75) is 57.5 Å². The molecule has 0 spiro atoms. The summed E-state index contributed by atoms with van der Waals surface area (Å²) in [7, 11) is 0. The number of ether oxygens (including phenoxy) is 1. The van der Waals surface area contributed by atoms with Gasteiger partial charge in [-0.15, -0.1) is 0 Å². The van der Waals surface area contributed by atoms with Gasteiger partial charge in [0.25, 0.3) is 0 Å². The van der Waals surface area contributed by atoms with Crippen LogP contribution in [-0.4, -0.2) is 0 Å². The van der Waals surface area contributed by atoms with E-state index in [0.29, 0.717) is 5.92 Å². The van der Waals surface area contributed by atoms with Gasteiger partial charge in [0.05, 0.1) is 18.2 Å². The highest BCUT2D eigenvalue weighted by molar-refractivity contribution is 5.57. The number of benzene rings is 1. The van der Waals surface area contributed by atoms with Crippen molar-refractivity contribution in [3.8, 4) is 12.1 Å². The summed E-state index contributed by atoms with van der Waals surface area (Å²) in [5.74, 6) is 0.727. The Hall–Kier alpha value is -3.03. The van der Waals surface area contributed by atoms with Crippen molar-refractivity contribution in [1.29, 1.82) is 10.5 Å². The van der Waals surface area contributed by atoms with Crippen LogP contribution in [0.25, 0.3) is 4.85 Å². The van der Waals surface area contributed by atoms with Crippen LogP contribution < -0.4 is 0 Å². The highest BCUT2D eigenvalue weighted by Crippen LogP contribution is 2.46. The fraction of sp³-hybridized carbons (Fsp3) is 0.409. The molecule has 26 heavy (non-hydrogen) atoms. The Kier molecular flexibility index (Phi) is 4.83. The number of nitrogens with zero attached hydrogens (tertiary/aromatic N) is 3. The first-order valence-corrected chi connectivity index (χ1v) is 8.98. The first-order chi connectivity index (χ1) is 12.5. The molecule has 0 amide bonds. The molecule has 0 N–H and O–H groups in total. The second-order valence-electron chi connectivity index (χ2n) is 7.11. The van der Waals surface area contributed by atoms with Gasteiger partial charge in [-0.25, -0.2) is 10.1 Å². The summed E-state index contributed by atoms with van der Waals surface area (Å²) in [5.41, 5.74) is 2.29. The highest BCUT2D eigenvalue weighted by Gasteiger charge is 2.42. The van der Waals surface area contributed by atoms with Crippen LogP contribution in [-0.2, 0) is 10.3 Å². The topological polar surface area (TPSA) is 61.2 Å². The van der Waals surface area contributed by atoms with E-state index in [9.17, 15) is 10.5 Å². The Morgan fingerprint density at radius 3 is 2.38 bits per heavy atom. The zero-order valence-electron chi connectivity index (χ0n) is 15.2. The molecule has 1 heterocycles. The summed E-state index contributed by atoms with van der Waals surface area (Å²) in [6, 6.07) is 12.3. The fourth-order valence-electron chi connectivity index (χ4n) is 3.95. The van der Waals surface area contributed by atoms with Crippen molar-refractivity contribution in [2.75, 3.05) is 0 Å². The molecular formula is C22H21N3O. The molecule has 1 saturated carbocycles. The molecule has 1 aliphatic carbocycles. The molecule has 3 rings (SSSR count). The lowest BCUT2D eigenvalue weighted by Gasteiger charge is -2.28. The van der Waals surface area contributed by atoms with Crippen molar-refractivity contribution in [3.05, 3.63) is 69.4 Å². The second kappa shape index (κ2) is 7.07. The van der Waals surface area contributed by atoms with Gasteiger partial charge in [0.15, 0.2) is 11.4 Å². The molecule has 4 nitrogen and oxygen atoms in total. The molecule has 1 aliphatic heterocycles. The fourth-order valence-corrected chi connectivity index (χ4v) is 3.95. The summed E-state index contributed by atoms with van der Waals surface area (Å²) in [6.07, 6.45) is 6.41. The van der Waals surface area contributed by atoms with Crippen molar-refractivity contribution in [3.63, 3.8) is 0 Å². The molecule has 1 fully saturated rings. The molecule has 1 atom stereocenters. The van der Waals surface area contributed by atoms with E-state index in [4.69, 9.17) is 11.3 Å². The highest BCUT2D eigenvalue weighted by atomic mass is 16.5. The van der Waals surface area contributed by atoms with Gasteiger partial charge in [0.1, 0.15) is 6.07 Å². The third-order valence-corrected chi connectivity index (χ3v) is 5.71. The van der Waals surface area contributed by atoms with Crippen molar-refractivity contribution in [1.82, 2.24) is 0 Å². The van der Waals surface area contributed by atoms with Gasteiger partial charge >= 0.3 is 5.70 Å². The Balaban J connectivity index is 1.98. The lowest BCUT2D eigenvalue weighted by atomic mass is 9.82. The maximum Gasteiger partial charge on any atom is 0.304 e. The van der Waals surface area contributed by atoms with Gasteiger partial charge in [0.2, 0.25) is 0 Å². The first-order valence-electron chi connectivity index (χ1n) is 8.98. The van der Waals surface area contributed by atoms with Crippen LogP contribution in [0.2, 0.25) is 0 Å². The van der Waals surface area contributed by atoms with E-state index in [1.54, 1.807) is 0 Å². The summed E-state index contributed by atoms with van der Waals surface area (Å²) in [4.78, 5) is 3.21. The average molecular weight is 343 g/mol. The van der Waals surface area contributed by atoms with Crippen molar-refractivity contribution >= 4 is 0 Å². The SMILES string of the molecule is [C-]#[N+]/C(C#N)=C1\OC(C)(c2ccc(C3CCCCC3)cc2)C(C)=C1C#N. The number of allylic oxidation sites excluding steroid dienone is 2. The van der Waals surface area contributed by atoms with E-state index in [1.165, 1.54) is 37.7 Å². The Morgan fingerprint density at radius 1 is 1.19 bits per heavy atom. The van der Waals surface area contributed by atoms with Crippen LogP contribution in [0.15, 0.2) is 46.9 Å². The molecule has 1 aromatic carbocycles. The average Bonchev–Trinajstić information content (AvgIpc) is 2.95. The third-order valence-electron chi connectivity index (χ3n) is 5.71. The number of nitriles is 2. The molecule has 2 aliphatic rings. The van der Waals surface area contributed by atoms with Crippen LogP contribution >= 0.6 is 0 Å². The standard InChI is InChI=1S/C22H21N3O/c1-15-19(13-23)21(20(14-24)25-3)26-22(15,2)18-11-9-17(10-12-18)16-7-5-4-6-8-16/h9-12,16H,4-8H2,1-2H3/b21-20-. The van der Waals surface area contributed by atoms with Gasteiger partial charge in [-0.3, -0.25) is 0 Å². The predicted molar refractivity (Wildman–Crippen MR) is 98.3 cm³/mol. The van der Waals surface area contributed by atoms with Crippen molar-refractivity contribution < 1.29 is 4.74 Å². The molecule has 0 aromatic heterocycles. The van der Waals surface area contributed by atoms with Gasteiger partial charge in [0, 0.05) is 0 Å². The summed E-state index contributed by atoms with van der Waals surface area (Å²) < 4.78 is 6.03. The Labute approximate surface area is 154 Å². The zero-order chi connectivity index (χ0) is 18.7. The van der Waals surface area contributed by atoms with Crippen LogP contribution in [0, 0.1) is 29.2 Å². The molecule has 130 valence electrons. The maximum absolute atomic E-state index is 9.51. The number of hydrogen-bond acceptors (Lipinski definition) is 3. The Bertz CT molecular complexity index is 881. The summed E-state index contributed by atoms with van der Waals surface area (Å²) in [6.45, 7) is 10.9. The summed E-state index contributed by atoms with van der Waals surface area (Å²) in [5, 5.41) is 18.7. The van der Waals surface area contributed by atoms with Crippen molar-refractivity contribution in [2.24, 2.45) is 0 Å². The van der Waals surface area contributed by atoms with Crippen LogP contribution in [0.1, 0.15) is 63.0 Å². The smallest absolute Gasteiger partial charge is 0.304 e. The molecule has 1 aromatic rings. The quantitative estimate of drug-likeness (QED) is 0.528. The van der Waals surface area contributed by atoms with Gasteiger partial charge in [-0.05, 0) is 49.3 Å². The van der Waals surface area contributed by atoms with E-state index < -0.39 is 5.60 Å². The van der Waals surface area contributed by atoms with Gasteiger partial charge in [-0.1, -0.05) is 43.5 Å². The number of hydrogen-bond donors (Lipinski definition) is 0. The molecular weight excluding hydrogens is 322 g/mol. The lowest BCUT2D eigenvalue weighted by Crippen LogP contribution is -2.23. The van der Waals surface area contributed by atoms with Crippen LogP contribution in [0.3, 0.4) is 0 Å². The zero-order valence-corrected chi connectivity index (χ0v) is 15.2. The predicted octanol–water partition coefficient (Wildman–Crippen LogP) is 5.47. The van der Waals surface area contributed by atoms with E-state index in [2.05, 4.69) is 35.2 Å². The maximum atomic E-state index is 9.51. The first kappa shape index (κ1) is 17.8. The van der Waals surface area contributed by atoms with E-state index in [1.807, 2.05) is 19.9 Å². The molecule has 4 heteroatoms. The second-order valence-corrected chi connectivity index (χ2v) is 7.11. The molecule has 0 bridgehead atoms. The Morgan fingerprint density at radius 2 is 1.85 bits per heavy atom. The minimum Gasteiger partial charge on any atom is -0.487 e. The molecule has 1 unspecified atom stereocenters. The van der Waals surface area contributed by atoms with Gasteiger partial charge in [-0.2, -0.15) is 5.26 Å². The number of rotatable bonds is 2. The molecule has 0 saturated heterocycles. The van der Waals surface area contributed by atoms with Crippen LogP contribution in [0.5, 0.6) is 0 Å². The minimum atomic E-state index is -0.835. The lowest BCUT2D eigenvalue weighted by molar-refractivity contribution is 0.0726. The normalized spacial score (nSPS) is 25.0. The largest absolute Gasteiger partial charge is 0.487 e. The monoisotopic (exact) mass is 343 g/mol. The van der Waals surface area contributed by atoms with Crippen LogP contribution in [0.4, 0.5) is 0 Å². The van der Waals surface area contributed by atoms with E-state index in [0.717, 1.165) is 11.1 Å². The minimum absolute atomic E-state index is 0.0985. The summed E-state index contributed by atoms with van der Waals surface area (Å²) >= 11 is 0.